The standard InChI is InChI=1S/C23H27N3O2/c1-3-24(4-2)16-17-25-21(27)23(19-11-6-5-7-12-19)20-13-9-8-10-18(20)14-15-26(23)22(25)28/h5-13H,3-4,14-17H2,1-2H3. The molecule has 3 amide bonds. The van der Waals surface area contributed by atoms with Crippen LogP contribution in [0.25, 0.3) is 0 Å². The third-order valence-electron chi connectivity index (χ3n) is 6.16. The van der Waals surface area contributed by atoms with Crippen LogP contribution in [0.5, 0.6) is 0 Å². The van der Waals surface area contributed by atoms with E-state index >= 15 is 0 Å². The Hall–Kier alpha value is -2.66. The van der Waals surface area contributed by atoms with Crippen molar-refractivity contribution in [3.05, 3.63) is 71.3 Å². The molecule has 0 bridgehead atoms. The Balaban J connectivity index is 1.82. The predicted molar refractivity (Wildman–Crippen MR) is 109 cm³/mol. The number of rotatable bonds is 6. The van der Waals surface area contributed by atoms with Crippen molar-refractivity contribution in [3.63, 3.8) is 0 Å². The van der Waals surface area contributed by atoms with Gasteiger partial charge in [-0.15, -0.1) is 0 Å². The van der Waals surface area contributed by atoms with Gasteiger partial charge in [-0.1, -0.05) is 68.4 Å². The van der Waals surface area contributed by atoms with Gasteiger partial charge in [-0.2, -0.15) is 0 Å². The van der Waals surface area contributed by atoms with Crippen LogP contribution in [0.3, 0.4) is 0 Å². The summed E-state index contributed by atoms with van der Waals surface area (Å²) in [5, 5.41) is 0. The maximum Gasteiger partial charge on any atom is 0.328 e. The summed E-state index contributed by atoms with van der Waals surface area (Å²) in [6.45, 7) is 7.69. The van der Waals surface area contributed by atoms with Crippen molar-refractivity contribution in [2.24, 2.45) is 0 Å². The molecule has 2 heterocycles. The van der Waals surface area contributed by atoms with E-state index in [2.05, 4.69) is 24.8 Å². The minimum absolute atomic E-state index is 0.122. The van der Waals surface area contributed by atoms with Gasteiger partial charge in [-0.3, -0.25) is 9.69 Å². The molecule has 4 rings (SSSR count). The topological polar surface area (TPSA) is 43.9 Å². The van der Waals surface area contributed by atoms with E-state index in [1.54, 1.807) is 4.90 Å². The number of hydrogen-bond donors (Lipinski definition) is 0. The van der Waals surface area contributed by atoms with Gasteiger partial charge in [0.1, 0.15) is 0 Å². The van der Waals surface area contributed by atoms with Crippen LogP contribution in [0.4, 0.5) is 4.79 Å². The highest BCUT2D eigenvalue weighted by molar-refractivity contribution is 6.10. The number of imide groups is 1. The SMILES string of the molecule is CCN(CC)CCN1C(=O)N2CCc3ccccc3C2(c2ccccc2)C1=O. The third-order valence-corrected chi connectivity index (χ3v) is 6.16. The number of amides is 3. The highest BCUT2D eigenvalue weighted by Crippen LogP contribution is 2.46. The fraction of sp³-hybridized carbons (Fsp3) is 0.391. The van der Waals surface area contributed by atoms with Crippen molar-refractivity contribution >= 4 is 11.9 Å². The summed E-state index contributed by atoms with van der Waals surface area (Å²) in [7, 11) is 0. The molecule has 0 radical (unpaired) electrons. The fourth-order valence-corrected chi connectivity index (χ4v) is 4.63. The molecule has 1 unspecified atom stereocenters. The van der Waals surface area contributed by atoms with Gasteiger partial charge < -0.3 is 9.80 Å². The van der Waals surface area contributed by atoms with Crippen LogP contribution < -0.4 is 0 Å². The Labute approximate surface area is 166 Å². The zero-order valence-corrected chi connectivity index (χ0v) is 16.6. The fourth-order valence-electron chi connectivity index (χ4n) is 4.63. The normalized spacial score (nSPS) is 21.2. The maximum absolute atomic E-state index is 13.9. The molecule has 0 N–H and O–H groups in total. The average molecular weight is 377 g/mol. The van der Waals surface area contributed by atoms with E-state index in [1.165, 1.54) is 4.90 Å². The molecular formula is C23H27N3O2. The lowest BCUT2D eigenvalue weighted by atomic mass is 9.76. The van der Waals surface area contributed by atoms with Crippen LogP contribution in [0, 0.1) is 0 Å². The first-order chi connectivity index (χ1) is 13.6. The van der Waals surface area contributed by atoms with E-state index in [0.29, 0.717) is 19.6 Å². The van der Waals surface area contributed by atoms with E-state index in [-0.39, 0.29) is 11.9 Å². The van der Waals surface area contributed by atoms with Crippen molar-refractivity contribution in [1.29, 1.82) is 0 Å². The van der Waals surface area contributed by atoms with Gasteiger partial charge in [0, 0.05) is 19.6 Å². The number of nitrogens with zero attached hydrogens (tertiary/aromatic N) is 3. The molecule has 0 aromatic heterocycles. The van der Waals surface area contributed by atoms with Gasteiger partial charge in [0.05, 0.1) is 0 Å². The molecule has 2 aliphatic rings. The molecule has 146 valence electrons. The second-order valence-electron chi connectivity index (χ2n) is 7.40. The molecule has 1 atom stereocenters. The molecule has 2 aliphatic heterocycles. The molecule has 1 fully saturated rings. The number of hydrogen-bond acceptors (Lipinski definition) is 3. The maximum atomic E-state index is 13.9. The zero-order valence-electron chi connectivity index (χ0n) is 16.6. The van der Waals surface area contributed by atoms with Crippen LogP contribution in [-0.4, -0.2) is 59.4 Å². The number of carbonyl (C=O) groups is 2. The molecule has 0 aliphatic carbocycles. The third kappa shape index (κ3) is 2.65. The molecule has 1 saturated heterocycles. The molecule has 2 aromatic carbocycles. The first kappa shape index (κ1) is 18.7. The van der Waals surface area contributed by atoms with Crippen molar-refractivity contribution in [2.45, 2.75) is 25.8 Å². The van der Waals surface area contributed by atoms with E-state index < -0.39 is 5.54 Å². The highest BCUT2D eigenvalue weighted by Gasteiger charge is 2.61. The van der Waals surface area contributed by atoms with E-state index in [4.69, 9.17) is 0 Å². The lowest BCUT2D eigenvalue weighted by Gasteiger charge is -2.41. The number of likely N-dealkylation sites (N-methyl/N-ethyl adjacent to an activating group) is 1. The minimum Gasteiger partial charge on any atom is -0.302 e. The van der Waals surface area contributed by atoms with Crippen LogP contribution in [0.1, 0.15) is 30.5 Å². The van der Waals surface area contributed by atoms with Crippen molar-refractivity contribution in [1.82, 2.24) is 14.7 Å². The Morgan fingerprint density at radius 2 is 1.64 bits per heavy atom. The molecule has 5 heteroatoms. The Morgan fingerprint density at radius 3 is 2.36 bits per heavy atom. The molecule has 0 saturated carbocycles. The summed E-state index contributed by atoms with van der Waals surface area (Å²) < 4.78 is 0. The molecular weight excluding hydrogens is 350 g/mol. The highest BCUT2D eigenvalue weighted by atomic mass is 16.2. The average Bonchev–Trinajstić information content (AvgIpc) is 2.97. The van der Waals surface area contributed by atoms with E-state index in [1.807, 2.05) is 48.5 Å². The quantitative estimate of drug-likeness (QED) is 0.727. The summed E-state index contributed by atoms with van der Waals surface area (Å²) in [5.41, 5.74) is 1.91. The van der Waals surface area contributed by atoms with Crippen LogP contribution in [0.2, 0.25) is 0 Å². The number of carbonyl (C=O) groups excluding carboxylic acids is 2. The van der Waals surface area contributed by atoms with Gasteiger partial charge in [-0.25, -0.2) is 4.79 Å². The van der Waals surface area contributed by atoms with Crippen molar-refractivity contribution in [3.8, 4) is 0 Å². The molecule has 0 spiro atoms. The Kier molecular flexibility index (Phi) is 4.94. The summed E-state index contributed by atoms with van der Waals surface area (Å²) in [4.78, 5) is 32.7. The smallest absolute Gasteiger partial charge is 0.302 e. The first-order valence-electron chi connectivity index (χ1n) is 10.1. The Morgan fingerprint density at radius 1 is 0.964 bits per heavy atom. The second-order valence-corrected chi connectivity index (χ2v) is 7.40. The van der Waals surface area contributed by atoms with Crippen molar-refractivity contribution < 1.29 is 9.59 Å². The van der Waals surface area contributed by atoms with Crippen LogP contribution >= 0.6 is 0 Å². The molecule has 5 nitrogen and oxygen atoms in total. The largest absolute Gasteiger partial charge is 0.328 e. The lowest BCUT2D eigenvalue weighted by molar-refractivity contribution is -0.132. The predicted octanol–water partition coefficient (Wildman–Crippen LogP) is 3.09. The summed E-state index contributed by atoms with van der Waals surface area (Å²) >= 11 is 0. The van der Waals surface area contributed by atoms with Gasteiger partial charge in [0.25, 0.3) is 5.91 Å². The summed E-state index contributed by atoms with van der Waals surface area (Å²) in [5.74, 6) is -0.122. The van der Waals surface area contributed by atoms with Gasteiger partial charge in [0.2, 0.25) is 0 Å². The van der Waals surface area contributed by atoms with Gasteiger partial charge in [-0.05, 0) is 36.2 Å². The molecule has 28 heavy (non-hydrogen) atoms. The monoisotopic (exact) mass is 377 g/mol. The van der Waals surface area contributed by atoms with E-state index in [9.17, 15) is 9.59 Å². The zero-order chi connectivity index (χ0) is 19.7. The van der Waals surface area contributed by atoms with E-state index in [0.717, 1.165) is 36.2 Å². The van der Waals surface area contributed by atoms with Crippen LogP contribution in [0.15, 0.2) is 54.6 Å². The van der Waals surface area contributed by atoms with Gasteiger partial charge >= 0.3 is 6.03 Å². The number of benzene rings is 2. The first-order valence-corrected chi connectivity index (χ1v) is 10.1. The molecule has 2 aromatic rings. The number of urea groups is 1. The van der Waals surface area contributed by atoms with Crippen LogP contribution in [-0.2, 0) is 16.8 Å². The second kappa shape index (κ2) is 7.40. The number of fused-ring (bicyclic) bond motifs is 3. The minimum atomic E-state index is -1.05. The van der Waals surface area contributed by atoms with Crippen molar-refractivity contribution in [2.75, 3.05) is 32.7 Å². The lowest BCUT2D eigenvalue weighted by Crippen LogP contribution is -2.51. The summed E-state index contributed by atoms with van der Waals surface area (Å²) in [6, 6.07) is 17.6. The Bertz CT molecular complexity index is 878. The van der Waals surface area contributed by atoms with Gasteiger partial charge in [0.15, 0.2) is 5.54 Å². The summed E-state index contributed by atoms with van der Waals surface area (Å²) in [6.07, 6.45) is 0.771.